The fourth-order valence-electron chi connectivity index (χ4n) is 2.44. The number of thiazole rings is 1. The van der Waals surface area contributed by atoms with Gasteiger partial charge in [0.15, 0.2) is 5.13 Å². The molecule has 2 aromatic heterocycles. The second kappa shape index (κ2) is 6.91. The van der Waals surface area contributed by atoms with Crippen LogP contribution in [0.4, 0.5) is 5.13 Å². The predicted molar refractivity (Wildman–Crippen MR) is 102 cm³/mol. The van der Waals surface area contributed by atoms with Crippen LogP contribution in [0.1, 0.15) is 23.7 Å². The van der Waals surface area contributed by atoms with E-state index in [0.717, 1.165) is 27.2 Å². The molecule has 1 amide bonds. The molecule has 1 atom stereocenters. The van der Waals surface area contributed by atoms with Gasteiger partial charge in [0.1, 0.15) is 0 Å². The fraction of sp³-hybridized carbons (Fsp3) is 0.278. The van der Waals surface area contributed by atoms with Crippen LogP contribution in [0.15, 0.2) is 34.7 Å². The number of carbonyl (C=O) groups excluding carboxylic acids is 1. The molecule has 0 spiro atoms. The van der Waals surface area contributed by atoms with E-state index in [4.69, 9.17) is 4.98 Å². The molecule has 0 saturated carbocycles. The number of amides is 1. The minimum atomic E-state index is -0.248. The van der Waals surface area contributed by atoms with Crippen molar-refractivity contribution in [2.24, 2.45) is 0 Å². The van der Waals surface area contributed by atoms with E-state index in [2.05, 4.69) is 36.3 Å². The summed E-state index contributed by atoms with van der Waals surface area (Å²) < 4.78 is 0. The molecule has 0 aliphatic heterocycles. The Morgan fingerprint density at radius 3 is 2.71 bits per heavy atom. The van der Waals surface area contributed by atoms with Crippen molar-refractivity contribution in [1.82, 2.24) is 9.97 Å². The molecule has 0 aliphatic carbocycles. The number of thioether (sulfide) groups is 1. The second-order valence-corrected chi connectivity index (χ2v) is 8.01. The van der Waals surface area contributed by atoms with Crippen molar-refractivity contribution in [3.8, 4) is 0 Å². The van der Waals surface area contributed by atoms with Crippen molar-refractivity contribution in [3.05, 3.63) is 46.5 Å². The standard InChI is InChI=1S/C18H19N3OS2/c1-10-6-5-7-14-11(2)8-15(20-16(10)14)24-13(4)17(22)21-18-19-12(3)9-23-18/h5-9,13H,1-4H3,(H,19,21,22)/t13-/m1/s1. The summed E-state index contributed by atoms with van der Waals surface area (Å²) in [7, 11) is 0. The Labute approximate surface area is 149 Å². The molecule has 124 valence electrons. The number of hydrogen-bond acceptors (Lipinski definition) is 5. The lowest BCUT2D eigenvalue weighted by Crippen LogP contribution is -2.22. The van der Waals surface area contributed by atoms with Gasteiger partial charge in [-0.05, 0) is 44.9 Å². The maximum absolute atomic E-state index is 12.3. The van der Waals surface area contributed by atoms with Crippen molar-refractivity contribution >= 4 is 45.0 Å². The summed E-state index contributed by atoms with van der Waals surface area (Å²) in [6.07, 6.45) is 0. The second-order valence-electron chi connectivity index (χ2n) is 5.79. The number of carbonyl (C=O) groups is 1. The van der Waals surface area contributed by atoms with Gasteiger partial charge in [-0.3, -0.25) is 4.79 Å². The van der Waals surface area contributed by atoms with Crippen LogP contribution in [-0.4, -0.2) is 21.1 Å². The Morgan fingerprint density at radius 2 is 2.00 bits per heavy atom. The normalized spacial score (nSPS) is 12.3. The summed E-state index contributed by atoms with van der Waals surface area (Å²) in [5, 5.41) is 7.21. The number of pyridine rings is 1. The molecule has 0 bridgehead atoms. The molecular formula is C18H19N3OS2. The predicted octanol–water partition coefficient (Wildman–Crippen LogP) is 4.74. The number of hydrogen-bond donors (Lipinski definition) is 1. The maximum atomic E-state index is 12.3. The monoisotopic (exact) mass is 357 g/mol. The number of benzene rings is 1. The van der Waals surface area contributed by atoms with E-state index in [0.29, 0.717) is 5.13 Å². The van der Waals surface area contributed by atoms with Gasteiger partial charge < -0.3 is 5.32 Å². The van der Waals surface area contributed by atoms with Gasteiger partial charge in [-0.25, -0.2) is 9.97 Å². The third-order valence-corrected chi connectivity index (χ3v) is 5.63. The van der Waals surface area contributed by atoms with Crippen molar-refractivity contribution < 1.29 is 4.79 Å². The van der Waals surface area contributed by atoms with Gasteiger partial charge in [-0.15, -0.1) is 11.3 Å². The zero-order valence-corrected chi connectivity index (χ0v) is 15.7. The number of fused-ring (bicyclic) bond motifs is 1. The highest BCUT2D eigenvalue weighted by molar-refractivity contribution is 8.00. The zero-order chi connectivity index (χ0) is 17.3. The van der Waals surface area contributed by atoms with Crippen LogP contribution < -0.4 is 5.32 Å². The van der Waals surface area contributed by atoms with E-state index in [9.17, 15) is 4.79 Å². The molecule has 0 fully saturated rings. The first-order chi connectivity index (χ1) is 11.4. The molecule has 2 heterocycles. The largest absolute Gasteiger partial charge is 0.301 e. The Morgan fingerprint density at radius 1 is 1.21 bits per heavy atom. The van der Waals surface area contributed by atoms with Crippen molar-refractivity contribution in [2.75, 3.05) is 5.32 Å². The van der Waals surface area contributed by atoms with Crippen LogP contribution in [-0.2, 0) is 4.79 Å². The molecule has 0 radical (unpaired) electrons. The lowest BCUT2D eigenvalue weighted by Gasteiger charge is -2.12. The molecule has 24 heavy (non-hydrogen) atoms. The SMILES string of the molecule is Cc1csc(NC(=O)[C@@H](C)Sc2cc(C)c3cccc(C)c3n2)n1. The molecule has 6 heteroatoms. The number of rotatable bonds is 4. The van der Waals surface area contributed by atoms with E-state index in [-0.39, 0.29) is 11.2 Å². The number of anilines is 1. The van der Waals surface area contributed by atoms with Gasteiger partial charge in [-0.2, -0.15) is 0 Å². The van der Waals surface area contributed by atoms with Gasteiger partial charge >= 0.3 is 0 Å². The first-order valence-corrected chi connectivity index (χ1v) is 9.46. The van der Waals surface area contributed by atoms with Crippen LogP contribution in [0.25, 0.3) is 10.9 Å². The van der Waals surface area contributed by atoms with Crippen LogP contribution in [0.5, 0.6) is 0 Å². The van der Waals surface area contributed by atoms with E-state index in [1.165, 1.54) is 28.7 Å². The number of nitrogens with one attached hydrogen (secondary N) is 1. The maximum Gasteiger partial charge on any atom is 0.239 e. The molecule has 0 aliphatic rings. The molecule has 0 saturated heterocycles. The topological polar surface area (TPSA) is 54.9 Å². The summed E-state index contributed by atoms with van der Waals surface area (Å²) >= 11 is 2.91. The average molecular weight is 358 g/mol. The number of aromatic nitrogens is 2. The molecule has 3 rings (SSSR count). The average Bonchev–Trinajstić information content (AvgIpc) is 2.93. The number of para-hydroxylation sites is 1. The van der Waals surface area contributed by atoms with Crippen LogP contribution in [0.2, 0.25) is 0 Å². The van der Waals surface area contributed by atoms with Gasteiger partial charge in [0.2, 0.25) is 5.91 Å². The molecule has 4 nitrogen and oxygen atoms in total. The summed E-state index contributed by atoms with van der Waals surface area (Å²) in [5.41, 5.74) is 4.24. The van der Waals surface area contributed by atoms with Gasteiger partial charge in [-0.1, -0.05) is 30.0 Å². The lowest BCUT2D eigenvalue weighted by atomic mass is 10.1. The highest BCUT2D eigenvalue weighted by Crippen LogP contribution is 2.28. The zero-order valence-electron chi connectivity index (χ0n) is 14.1. The van der Waals surface area contributed by atoms with Crippen molar-refractivity contribution in [3.63, 3.8) is 0 Å². The van der Waals surface area contributed by atoms with Gasteiger partial charge in [0.25, 0.3) is 0 Å². The quantitative estimate of drug-likeness (QED) is 0.686. The summed E-state index contributed by atoms with van der Waals surface area (Å²) in [5.74, 6) is -0.0568. The first-order valence-electron chi connectivity index (χ1n) is 7.70. The molecular weight excluding hydrogens is 338 g/mol. The molecule has 0 unspecified atom stereocenters. The molecule has 3 aromatic rings. The Balaban J connectivity index is 1.78. The summed E-state index contributed by atoms with van der Waals surface area (Å²) in [4.78, 5) is 21.4. The van der Waals surface area contributed by atoms with E-state index in [1.807, 2.05) is 31.4 Å². The van der Waals surface area contributed by atoms with E-state index >= 15 is 0 Å². The molecule has 1 aromatic carbocycles. The minimum Gasteiger partial charge on any atom is -0.301 e. The minimum absolute atomic E-state index is 0.0568. The van der Waals surface area contributed by atoms with Crippen molar-refractivity contribution in [2.45, 2.75) is 38.0 Å². The molecule has 1 N–H and O–H groups in total. The Kier molecular flexibility index (Phi) is 4.87. The highest BCUT2D eigenvalue weighted by atomic mass is 32.2. The number of nitrogens with zero attached hydrogens (tertiary/aromatic N) is 2. The third kappa shape index (κ3) is 3.60. The lowest BCUT2D eigenvalue weighted by molar-refractivity contribution is -0.115. The number of aryl methyl sites for hydroxylation is 3. The van der Waals surface area contributed by atoms with E-state index < -0.39 is 0 Å². The Hall–Kier alpha value is -1.92. The Bertz CT molecular complexity index is 904. The highest BCUT2D eigenvalue weighted by Gasteiger charge is 2.17. The summed E-state index contributed by atoms with van der Waals surface area (Å²) in [6.45, 7) is 7.94. The fourth-order valence-corrected chi connectivity index (χ4v) is 4.05. The third-order valence-electron chi connectivity index (χ3n) is 3.74. The van der Waals surface area contributed by atoms with E-state index in [1.54, 1.807) is 0 Å². The van der Waals surface area contributed by atoms with Crippen LogP contribution in [0, 0.1) is 20.8 Å². The van der Waals surface area contributed by atoms with Crippen LogP contribution >= 0.6 is 23.1 Å². The van der Waals surface area contributed by atoms with Gasteiger partial charge in [0, 0.05) is 10.8 Å². The van der Waals surface area contributed by atoms with Crippen LogP contribution in [0.3, 0.4) is 0 Å². The first kappa shape index (κ1) is 16.9. The van der Waals surface area contributed by atoms with Gasteiger partial charge in [0.05, 0.1) is 21.5 Å². The smallest absolute Gasteiger partial charge is 0.239 e. The summed E-state index contributed by atoms with van der Waals surface area (Å²) in [6, 6.07) is 8.24. The van der Waals surface area contributed by atoms with Crippen molar-refractivity contribution in [1.29, 1.82) is 0 Å².